The third-order valence-electron chi connectivity index (χ3n) is 3.94. The van der Waals surface area contributed by atoms with Gasteiger partial charge in [0, 0.05) is 11.6 Å². The summed E-state index contributed by atoms with van der Waals surface area (Å²) in [4.78, 5) is 23.0. The van der Waals surface area contributed by atoms with E-state index >= 15 is 0 Å². The summed E-state index contributed by atoms with van der Waals surface area (Å²) in [5, 5.41) is 11.5. The zero-order valence-electron chi connectivity index (χ0n) is 11.9. The van der Waals surface area contributed by atoms with Crippen molar-refractivity contribution in [1.82, 2.24) is 0 Å². The number of rotatable bonds is 3. The van der Waals surface area contributed by atoms with Crippen LogP contribution < -0.4 is 5.32 Å². The lowest BCUT2D eigenvalue weighted by molar-refractivity contribution is -0.120. The van der Waals surface area contributed by atoms with E-state index in [0.717, 1.165) is 44.6 Å². The van der Waals surface area contributed by atoms with Crippen LogP contribution in [0.4, 0.5) is 10.1 Å². The quantitative estimate of drug-likeness (QED) is 0.890. The van der Waals surface area contributed by atoms with E-state index in [1.165, 1.54) is 18.6 Å². The molecule has 114 valence electrons. The number of hydrogen-bond donors (Lipinski definition) is 2. The molecule has 5 heteroatoms. The molecule has 0 saturated heterocycles. The highest BCUT2D eigenvalue weighted by Gasteiger charge is 2.20. The van der Waals surface area contributed by atoms with Gasteiger partial charge in [-0.1, -0.05) is 32.1 Å². The molecule has 0 atom stereocenters. The maximum Gasteiger partial charge on any atom is 0.338 e. The number of carbonyl (C=O) groups excluding carboxylic acids is 1. The molecular formula is C16H20FNO3. The Labute approximate surface area is 123 Å². The second-order valence-corrected chi connectivity index (χ2v) is 5.53. The Morgan fingerprint density at radius 3 is 2.29 bits per heavy atom. The lowest BCUT2D eigenvalue weighted by atomic mass is 9.90. The molecule has 2 N–H and O–H groups in total. The highest BCUT2D eigenvalue weighted by atomic mass is 19.1. The standard InChI is InChI=1S/C16H20FNO3/c17-14-10-12(8-9-13(14)16(20)21)18-15(19)11-6-4-2-1-3-5-7-11/h8-11H,1-7H2,(H,18,19)(H,20,21). The first-order valence-corrected chi connectivity index (χ1v) is 7.41. The summed E-state index contributed by atoms with van der Waals surface area (Å²) >= 11 is 0. The fourth-order valence-corrected chi connectivity index (χ4v) is 2.73. The minimum Gasteiger partial charge on any atom is -0.478 e. The summed E-state index contributed by atoms with van der Waals surface area (Å²) in [7, 11) is 0. The lowest BCUT2D eigenvalue weighted by Crippen LogP contribution is -2.23. The van der Waals surface area contributed by atoms with Gasteiger partial charge >= 0.3 is 5.97 Å². The van der Waals surface area contributed by atoms with E-state index in [-0.39, 0.29) is 17.4 Å². The van der Waals surface area contributed by atoms with Crippen molar-refractivity contribution < 1.29 is 19.1 Å². The highest BCUT2D eigenvalue weighted by molar-refractivity contribution is 5.93. The number of anilines is 1. The molecule has 1 aromatic carbocycles. The summed E-state index contributed by atoms with van der Waals surface area (Å²) in [6, 6.07) is 3.66. The smallest absolute Gasteiger partial charge is 0.338 e. The first-order valence-electron chi connectivity index (χ1n) is 7.41. The minimum absolute atomic E-state index is 0.0347. The fraction of sp³-hybridized carbons (Fsp3) is 0.500. The Balaban J connectivity index is 2.01. The summed E-state index contributed by atoms with van der Waals surface area (Å²) in [6.07, 6.45) is 7.37. The first kappa shape index (κ1) is 15.5. The van der Waals surface area contributed by atoms with Crippen molar-refractivity contribution in [2.75, 3.05) is 5.32 Å². The topological polar surface area (TPSA) is 66.4 Å². The molecule has 1 amide bonds. The Kier molecular flexibility index (Phi) is 5.31. The number of halogens is 1. The van der Waals surface area contributed by atoms with Crippen molar-refractivity contribution in [2.45, 2.75) is 44.9 Å². The van der Waals surface area contributed by atoms with Crippen molar-refractivity contribution in [3.05, 3.63) is 29.6 Å². The van der Waals surface area contributed by atoms with Gasteiger partial charge in [-0.2, -0.15) is 0 Å². The van der Waals surface area contributed by atoms with E-state index in [2.05, 4.69) is 5.32 Å². The average Bonchev–Trinajstić information content (AvgIpc) is 2.37. The molecule has 21 heavy (non-hydrogen) atoms. The zero-order valence-corrected chi connectivity index (χ0v) is 11.9. The number of carboxylic acids is 1. The summed E-state index contributed by atoms with van der Waals surface area (Å²) < 4.78 is 13.6. The number of amides is 1. The fourth-order valence-electron chi connectivity index (χ4n) is 2.73. The molecule has 0 bridgehead atoms. The number of hydrogen-bond acceptors (Lipinski definition) is 2. The predicted molar refractivity (Wildman–Crippen MR) is 77.8 cm³/mol. The predicted octanol–water partition coefficient (Wildman–Crippen LogP) is 3.82. The SMILES string of the molecule is O=C(O)c1ccc(NC(=O)C2CCCCCCC2)cc1F. The average molecular weight is 293 g/mol. The van der Waals surface area contributed by atoms with Gasteiger partial charge in [-0.05, 0) is 31.0 Å². The maximum atomic E-state index is 13.6. The van der Waals surface area contributed by atoms with Crippen LogP contribution in [0.15, 0.2) is 18.2 Å². The molecule has 1 saturated carbocycles. The van der Waals surface area contributed by atoms with Crippen molar-refractivity contribution in [3.8, 4) is 0 Å². The van der Waals surface area contributed by atoms with Crippen LogP contribution in [0.5, 0.6) is 0 Å². The van der Waals surface area contributed by atoms with Gasteiger partial charge in [0.1, 0.15) is 5.82 Å². The number of carbonyl (C=O) groups is 2. The van der Waals surface area contributed by atoms with E-state index in [4.69, 9.17) is 5.11 Å². The molecule has 4 nitrogen and oxygen atoms in total. The number of nitrogens with one attached hydrogen (secondary N) is 1. The third-order valence-corrected chi connectivity index (χ3v) is 3.94. The third kappa shape index (κ3) is 4.28. The molecule has 1 aromatic rings. The molecule has 0 spiro atoms. The van der Waals surface area contributed by atoms with Gasteiger partial charge in [0.15, 0.2) is 0 Å². The molecule has 2 rings (SSSR count). The van der Waals surface area contributed by atoms with E-state index in [9.17, 15) is 14.0 Å². The van der Waals surface area contributed by atoms with Gasteiger partial charge in [-0.3, -0.25) is 4.79 Å². The molecule has 0 aromatic heterocycles. The minimum atomic E-state index is -1.31. The number of benzene rings is 1. The van der Waals surface area contributed by atoms with Crippen LogP contribution in [-0.4, -0.2) is 17.0 Å². The molecule has 1 aliphatic rings. The Morgan fingerprint density at radius 2 is 1.71 bits per heavy atom. The van der Waals surface area contributed by atoms with Crippen LogP contribution >= 0.6 is 0 Å². The highest BCUT2D eigenvalue weighted by Crippen LogP contribution is 2.24. The summed E-state index contributed by atoms with van der Waals surface area (Å²) in [5.74, 6) is -2.28. The van der Waals surface area contributed by atoms with Crippen LogP contribution in [0.2, 0.25) is 0 Å². The molecule has 1 fully saturated rings. The van der Waals surface area contributed by atoms with Crippen molar-refractivity contribution in [1.29, 1.82) is 0 Å². The molecule has 0 heterocycles. The van der Waals surface area contributed by atoms with E-state index in [1.54, 1.807) is 0 Å². The second kappa shape index (κ2) is 7.20. The Hall–Kier alpha value is -1.91. The first-order chi connectivity index (χ1) is 10.1. The van der Waals surface area contributed by atoms with E-state index < -0.39 is 11.8 Å². The molecule has 0 radical (unpaired) electrons. The van der Waals surface area contributed by atoms with Crippen LogP contribution in [0.3, 0.4) is 0 Å². The monoisotopic (exact) mass is 293 g/mol. The number of carboxylic acid groups (broad SMARTS) is 1. The molecule has 0 unspecified atom stereocenters. The van der Waals surface area contributed by atoms with Crippen LogP contribution in [0.25, 0.3) is 0 Å². The van der Waals surface area contributed by atoms with Crippen molar-refractivity contribution >= 4 is 17.6 Å². The Morgan fingerprint density at radius 1 is 1.10 bits per heavy atom. The molecule has 1 aliphatic carbocycles. The largest absolute Gasteiger partial charge is 0.478 e. The number of aromatic carboxylic acids is 1. The van der Waals surface area contributed by atoms with Gasteiger partial charge < -0.3 is 10.4 Å². The molecular weight excluding hydrogens is 273 g/mol. The van der Waals surface area contributed by atoms with Gasteiger partial charge in [-0.15, -0.1) is 0 Å². The van der Waals surface area contributed by atoms with Crippen LogP contribution in [0.1, 0.15) is 55.3 Å². The normalized spacial score (nSPS) is 16.8. The van der Waals surface area contributed by atoms with Crippen molar-refractivity contribution in [2.24, 2.45) is 5.92 Å². The lowest BCUT2D eigenvalue weighted by Gasteiger charge is -2.19. The summed E-state index contributed by atoms with van der Waals surface area (Å²) in [6.45, 7) is 0. The van der Waals surface area contributed by atoms with E-state index in [0.29, 0.717) is 5.69 Å². The van der Waals surface area contributed by atoms with Crippen molar-refractivity contribution in [3.63, 3.8) is 0 Å². The second-order valence-electron chi connectivity index (χ2n) is 5.53. The van der Waals surface area contributed by atoms with Crippen LogP contribution in [0, 0.1) is 11.7 Å². The zero-order chi connectivity index (χ0) is 15.2. The van der Waals surface area contributed by atoms with Gasteiger partial charge in [-0.25, -0.2) is 9.18 Å². The van der Waals surface area contributed by atoms with E-state index in [1.807, 2.05) is 0 Å². The van der Waals surface area contributed by atoms with Gasteiger partial charge in [0.25, 0.3) is 0 Å². The summed E-state index contributed by atoms with van der Waals surface area (Å²) in [5.41, 5.74) is -0.0801. The van der Waals surface area contributed by atoms with Gasteiger partial charge in [0.05, 0.1) is 5.56 Å². The maximum absolute atomic E-state index is 13.6. The van der Waals surface area contributed by atoms with Crippen LogP contribution in [-0.2, 0) is 4.79 Å². The van der Waals surface area contributed by atoms with Gasteiger partial charge in [0.2, 0.25) is 5.91 Å². The Bertz CT molecular complexity index is 522. The molecule has 0 aliphatic heterocycles.